The van der Waals surface area contributed by atoms with E-state index in [4.69, 9.17) is 9.51 Å². The number of para-hydroxylation sites is 2. The van der Waals surface area contributed by atoms with Crippen molar-refractivity contribution in [3.05, 3.63) is 42.3 Å². The van der Waals surface area contributed by atoms with Gasteiger partial charge in [0.25, 0.3) is 0 Å². The van der Waals surface area contributed by atoms with Gasteiger partial charge in [0.1, 0.15) is 0 Å². The van der Waals surface area contributed by atoms with Gasteiger partial charge in [-0.05, 0) is 50.9 Å². The van der Waals surface area contributed by atoms with Gasteiger partial charge in [-0.2, -0.15) is 4.98 Å². The van der Waals surface area contributed by atoms with Crippen LogP contribution in [0.3, 0.4) is 0 Å². The van der Waals surface area contributed by atoms with E-state index in [9.17, 15) is 0 Å². The van der Waals surface area contributed by atoms with E-state index in [1.54, 1.807) is 0 Å². The number of hydrogen-bond donors (Lipinski definition) is 0. The minimum Gasteiger partial charge on any atom is -0.339 e. The molecule has 0 unspecified atom stereocenters. The second kappa shape index (κ2) is 5.95. The molecule has 130 valence electrons. The SMILES string of the molecule is c1ccc2c(c1)ncn2CCc1noc(C23CCCN(CCC2)C3)n1. The summed E-state index contributed by atoms with van der Waals surface area (Å²) in [6.07, 6.45) is 7.49. The zero-order chi connectivity index (χ0) is 16.7. The summed E-state index contributed by atoms with van der Waals surface area (Å²) >= 11 is 0. The molecule has 5 rings (SSSR count). The highest BCUT2D eigenvalue weighted by atomic mass is 16.5. The van der Waals surface area contributed by atoms with Crippen LogP contribution < -0.4 is 0 Å². The molecule has 2 aliphatic heterocycles. The number of aryl methyl sites for hydroxylation is 2. The van der Waals surface area contributed by atoms with Gasteiger partial charge in [-0.3, -0.25) is 0 Å². The molecule has 2 fully saturated rings. The van der Waals surface area contributed by atoms with Crippen LogP contribution in [0.5, 0.6) is 0 Å². The number of nitrogens with zero attached hydrogens (tertiary/aromatic N) is 5. The Hall–Kier alpha value is -2.21. The van der Waals surface area contributed by atoms with Crippen molar-refractivity contribution in [2.75, 3.05) is 19.6 Å². The minimum absolute atomic E-state index is 0.101. The molecule has 0 saturated carbocycles. The van der Waals surface area contributed by atoms with Crippen LogP contribution in [0.25, 0.3) is 11.0 Å². The third-order valence-electron chi connectivity index (χ3n) is 5.81. The predicted octanol–water partition coefficient (Wildman–Crippen LogP) is 2.79. The molecule has 2 bridgehead atoms. The van der Waals surface area contributed by atoms with Crippen LogP contribution in [0.2, 0.25) is 0 Å². The van der Waals surface area contributed by atoms with Gasteiger partial charge in [-0.15, -0.1) is 0 Å². The second-order valence-corrected chi connectivity index (χ2v) is 7.46. The topological polar surface area (TPSA) is 60.0 Å². The van der Waals surface area contributed by atoms with Crippen molar-refractivity contribution in [2.24, 2.45) is 0 Å². The highest BCUT2D eigenvalue weighted by Gasteiger charge is 2.43. The van der Waals surface area contributed by atoms with Crippen LogP contribution in [0.1, 0.15) is 37.4 Å². The highest BCUT2D eigenvalue weighted by Crippen LogP contribution is 2.40. The molecule has 2 aromatic heterocycles. The first kappa shape index (κ1) is 15.1. The first-order chi connectivity index (χ1) is 12.3. The lowest BCUT2D eigenvalue weighted by Gasteiger charge is -2.44. The fraction of sp³-hybridized carbons (Fsp3) is 0.526. The number of aromatic nitrogens is 4. The van der Waals surface area contributed by atoms with Crippen molar-refractivity contribution in [3.8, 4) is 0 Å². The molecule has 0 amide bonds. The first-order valence-electron chi connectivity index (χ1n) is 9.28. The molecule has 1 aromatic carbocycles. The molecule has 0 radical (unpaired) electrons. The van der Waals surface area contributed by atoms with Gasteiger partial charge in [-0.1, -0.05) is 17.3 Å². The molecule has 6 nitrogen and oxygen atoms in total. The quantitative estimate of drug-likeness (QED) is 0.733. The normalized spacial score (nSPS) is 26.2. The Kier molecular flexibility index (Phi) is 3.59. The zero-order valence-corrected chi connectivity index (χ0v) is 14.4. The van der Waals surface area contributed by atoms with Crippen LogP contribution in [0, 0.1) is 0 Å². The molecular weight excluding hydrogens is 314 g/mol. The number of imidazole rings is 1. The predicted molar refractivity (Wildman–Crippen MR) is 94.3 cm³/mol. The van der Waals surface area contributed by atoms with E-state index in [1.165, 1.54) is 38.8 Å². The summed E-state index contributed by atoms with van der Waals surface area (Å²) < 4.78 is 7.88. The smallest absolute Gasteiger partial charge is 0.234 e. The van der Waals surface area contributed by atoms with E-state index in [1.807, 2.05) is 24.5 Å². The van der Waals surface area contributed by atoms with E-state index in [2.05, 4.69) is 25.7 Å². The van der Waals surface area contributed by atoms with Crippen molar-refractivity contribution >= 4 is 11.0 Å². The van der Waals surface area contributed by atoms with Gasteiger partial charge < -0.3 is 14.0 Å². The molecule has 3 aromatic rings. The van der Waals surface area contributed by atoms with Crippen molar-refractivity contribution in [1.82, 2.24) is 24.6 Å². The fourth-order valence-corrected chi connectivity index (χ4v) is 4.52. The molecule has 0 spiro atoms. The number of benzene rings is 1. The molecule has 25 heavy (non-hydrogen) atoms. The molecule has 4 heterocycles. The van der Waals surface area contributed by atoms with E-state index in [0.717, 1.165) is 42.3 Å². The standard InChI is InChI=1S/C19H23N5O/c1-2-6-16-15(5-1)20-14-24(16)12-7-17-21-18(25-22-17)19-8-3-10-23(13-19)11-4-9-19/h1-2,5-6,14H,3-4,7-13H2. The van der Waals surface area contributed by atoms with Crippen LogP contribution in [-0.2, 0) is 18.4 Å². The average Bonchev–Trinajstić information content (AvgIpc) is 3.27. The Morgan fingerprint density at radius 2 is 1.96 bits per heavy atom. The van der Waals surface area contributed by atoms with Gasteiger partial charge in [0.2, 0.25) is 5.89 Å². The molecule has 0 atom stereocenters. The Balaban J connectivity index is 1.33. The number of hydrogen-bond acceptors (Lipinski definition) is 5. The summed E-state index contributed by atoms with van der Waals surface area (Å²) in [7, 11) is 0. The van der Waals surface area contributed by atoms with Crippen LogP contribution >= 0.6 is 0 Å². The maximum atomic E-state index is 5.73. The monoisotopic (exact) mass is 337 g/mol. The van der Waals surface area contributed by atoms with E-state index in [-0.39, 0.29) is 5.41 Å². The summed E-state index contributed by atoms with van der Waals surface area (Å²) in [4.78, 5) is 11.8. The van der Waals surface area contributed by atoms with Gasteiger partial charge in [0.05, 0.1) is 22.8 Å². The molecule has 0 aliphatic carbocycles. The molecule has 2 saturated heterocycles. The summed E-state index contributed by atoms with van der Waals surface area (Å²) in [6.45, 7) is 4.34. The number of rotatable bonds is 4. The summed E-state index contributed by atoms with van der Waals surface area (Å²) in [5.74, 6) is 1.67. The van der Waals surface area contributed by atoms with Crippen LogP contribution in [0.4, 0.5) is 0 Å². The molecule has 0 N–H and O–H groups in total. The van der Waals surface area contributed by atoms with E-state index >= 15 is 0 Å². The number of piperidine rings is 2. The highest BCUT2D eigenvalue weighted by molar-refractivity contribution is 5.74. The Labute approximate surface area is 146 Å². The maximum Gasteiger partial charge on any atom is 0.234 e. The van der Waals surface area contributed by atoms with Crippen LogP contribution in [-0.4, -0.2) is 44.2 Å². The molecular formula is C19H23N5O. The maximum absolute atomic E-state index is 5.73. The molecule has 6 heteroatoms. The lowest BCUT2D eigenvalue weighted by atomic mass is 9.73. The van der Waals surface area contributed by atoms with Crippen molar-refractivity contribution < 1.29 is 4.52 Å². The summed E-state index contributed by atoms with van der Waals surface area (Å²) in [5.41, 5.74) is 2.28. The zero-order valence-electron chi connectivity index (χ0n) is 14.4. The Morgan fingerprint density at radius 3 is 2.84 bits per heavy atom. The van der Waals surface area contributed by atoms with E-state index < -0.39 is 0 Å². The van der Waals surface area contributed by atoms with E-state index in [0.29, 0.717) is 0 Å². The molecule has 2 aliphatic rings. The van der Waals surface area contributed by atoms with Crippen molar-refractivity contribution in [1.29, 1.82) is 0 Å². The van der Waals surface area contributed by atoms with Crippen molar-refractivity contribution in [2.45, 2.75) is 44.1 Å². The Morgan fingerprint density at radius 1 is 1.12 bits per heavy atom. The summed E-state index contributed by atoms with van der Waals surface area (Å²) in [5, 5.41) is 4.27. The largest absolute Gasteiger partial charge is 0.339 e. The van der Waals surface area contributed by atoms with Crippen molar-refractivity contribution in [3.63, 3.8) is 0 Å². The van der Waals surface area contributed by atoms with Gasteiger partial charge in [0, 0.05) is 19.5 Å². The lowest BCUT2D eigenvalue weighted by Crippen LogP contribution is -2.50. The second-order valence-electron chi connectivity index (χ2n) is 7.46. The third kappa shape index (κ3) is 2.65. The minimum atomic E-state index is 0.101. The lowest BCUT2D eigenvalue weighted by molar-refractivity contribution is 0.0711. The van der Waals surface area contributed by atoms with Crippen LogP contribution in [0.15, 0.2) is 35.1 Å². The first-order valence-corrected chi connectivity index (χ1v) is 9.28. The van der Waals surface area contributed by atoms with Gasteiger partial charge in [-0.25, -0.2) is 4.98 Å². The van der Waals surface area contributed by atoms with Gasteiger partial charge >= 0.3 is 0 Å². The third-order valence-corrected chi connectivity index (χ3v) is 5.81. The number of fused-ring (bicyclic) bond motifs is 3. The summed E-state index contributed by atoms with van der Waals surface area (Å²) in [6, 6.07) is 8.20. The fourth-order valence-electron chi connectivity index (χ4n) is 4.52. The van der Waals surface area contributed by atoms with Gasteiger partial charge in [0.15, 0.2) is 5.82 Å². The Bertz CT molecular complexity index is 873. The average molecular weight is 337 g/mol.